The van der Waals surface area contributed by atoms with E-state index in [0.29, 0.717) is 12.6 Å². The summed E-state index contributed by atoms with van der Waals surface area (Å²) in [5.74, 6) is 0.0209. The summed E-state index contributed by atoms with van der Waals surface area (Å²) in [5.41, 5.74) is 0.773. The third-order valence-electron chi connectivity index (χ3n) is 2.62. The Morgan fingerprint density at radius 3 is 2.35 bits per heavy atom. The summed E-state index contributed by atoms with van der Waals surface area (Å²) in [5, 5.41) is 6.13. The highest BCUT2D eigenvalue weighted by Gasteiger charge is 2.22. The van der Waals surface area contributed by atoms with Gasteiger partial charge in [-0.1, -0.05) is 44.2 Å². The van der Waals surface area contributed by atoms with Crippen molar-refractivity contribution in [2.24, 2.45) is 0 Å². The minimum absolute atomic E-state index is 0.0209. The lowest BCUT2D eigenvalue weighted by atomic mass is 9.94. The van der Waals surface area contributed by atoms with E-state index in [2.05, 4.69) is 10.6 Å². The maximum absolute atomic E-state index is 11.8. The Labute approximate surface area is 104 Å². The largest absolute Gasteiger partial charge is 0.346 e. The molecule has 0 radical (unpaired) electrons. The molecule has 1 amide bonds. The maximum atomic E-state index is 11.8. The molecule has 3 nitrogen and oxygen atoms in total. The summed E-state index contributed by atoms with van der Waals surface area (Å²) < 4.78 is 0. The fourth-order valence-corrected chi connectivity index (χ4v) is 1.62. The van der Waals surface area contributed by atoms with Crippen LogP contribution in [0.4, 0.5) is 0 Å². The second kappa shape index (κ2) is 5.82. The van der Waals surface area contributed by atoms with Crippen molar-refractivity contribution in [2.75, 3.05) is 6.54 Å². The van der Waals surface area contributed by atoms with Crippen molar-refractivity contribution in [1.29, 1.82) is 0 Å². The Kier molecular flexibility index (Phi) is 4.70. The van der Waals surface area contributed by atoms with Gasteiger partial charge in [-0.15, -0.1) is 0 Å². The lowest BCUT2D eigenvalue weighted by Gasteiger charge is -2.27. The zero-order valence-corrected chi connectivity index (χ0v) is 11.1. The molecule has 0 fully saturated rings. The van der Waals surface area contributed by atoms with Crippen LogP contribution >= 0.6 is 0 Å². The van der Waals surface area contributed by atoms with Gasteiger partial charge in [0.25, 0.3) is 0 Å². The molecule has 94 valence electrons. The molecule has 1 aromatic rings. The second-order valence-electron chi connectivity index (χ2n) is 5.07. The number of benzene rings is 1. The van der Waals surface area contributed by atoms with Gasteiger partial charge in [0.15, 0.2) is 0 Å². The molecule has 0 aliphatic heterocycles. The predicted octanol–water partition coefficient (Wildman–Crippen LogP) is 2.04. The van der Waals surface area contributed by atoms with E-state index in [1.807, 2.05) is 58.0 Å². The van der Waals surface area contributed by atoms with E-state index >= 15 is 0 Å². The van der Waals surface area contributed by atoms with Gasteiger partial charge in [-0.2, -0.15) is 0 Å². The van der Waals surface area contributed by atoms with Gasteiger partial charge in [0, 0.05) is 6.04 Å². The lowest BCUT2D eigenvalue weighted by Crippen LogP contribution is -2.45. The van der Waals surface area contributed by atoms with Crippen LogP contribution in [0.1, 0.15) is 33.3 Å². The van der Waals surface area contributed by atoms with Crippen LogP contribution in [0.25, 0.3) is 0 Å². The van der Waals surface area contributed by atoms with Crippen LogP contribution in [0.3, 0.4) is 0 Å². The molecule has 1 rings (SSSR count). The number of hydrogen-bond donors (Lipinski definition) is 2. The fraction of sp³-hybridized carbons (Fsp3) is 0.500. The van der Waals surface area contributed by atoms with Gasteiger partial charge in [-0.05, 0) is 19.4 Å². The Morgan fingerprint density at radius 2 is 1.82 bits per heavy atom. The lowest BCUT2D eigenvalue weighted by molar-refractivity contribution is -0.122. The van der Waals surface area contributed by atoms with Crippen molar-refractivity contribution in [3.05, 3.63) is 35.9 Å². The van der Waals surface area contributed by atoms with Crippen LogP contribution in [0.15, 0.2) is 30.3 Å². The number of amides is 1. The van der Waals surface area contributed by atoms with E-state index in [-0.39, 0.29) is 11.4 Å². The maximum Gasteiger partial charge on any atom is 0.234 e. The molecule has 0 aliphatic rings. The molecule has 2 N–H and O–H groups in total. The zero-order chi connectivity index (χ0) is 12.9. The summed E-state index contributed by atoms with van der Waals surface area (Å²) in [6.07, 6.45) is 0. The number of carbonyl (C=O) groups excluding carboxylic acids is 1. The minimum Gasteiger partial charge on any atom is -0.346 e. The van der Waals surface area contributed by atoms with Crippen LogP contribution < -0.4 is 10.6 Å². The number of carbonyl (C=O) groups is 1. The molecule has 0 saturated heterocycles. The van der Waals surface area contributed by atoms with Crippen molar-refractivity contribution in [1.82, 2.24) is 10.6 Å². The van der Waals surface area contributed by atoms with E-state index in [1.165, 1.54) is 0 Å². The monoisotopic (exact) mass is 234 g/mol. The van der Waals surface area contributed by atoms with Gasteiger partial charge >= 0.3 is 0 Å². The highest BCUT2D eigenvalue weighted by molar-refractivity contribution is 5.79. The Balaban J connectivity index is 2.58. The van der Waals surface area contributed by atoms with Crippen LogP contribution in [0, 0.1) is 0 Å². The Morgan fingerprint density at radius 1 is 1.24 bits per heavy atom. The molecule has 0 unspecified atom stereocenters. The van der Waals surface area contributed by atoms with Crippen LogP contribution in [-0.4, -0.2) is 18.5 Å². The molecule has 0 bridgehead atoms. The van der Waals surface area contributed by atoms with Gasteiger partial charge in [-0.3, -0.25) is 4.79 Å². The van der Waals surface area contributed by atoms with Gasteiger partial charge in [0.1, 0.15) is 0 Å². The van der Waals surface area contributed by atoms with E-state index in [1.54, 1.807) is 0 Å². The minimum atomic E-state index is -0.336. The average molecular weight is 234 g/mol. The van der Waals surface area contributed by atoms with Crippen LogP contribution in [0.2, 0.25) is 0 Å². The molecule has 17 heavy (non-hydrogen) atoms. The third kappa shape index (κ3) is 4.57. The van der Waals surface area contributed by atoms with Gasteiger partial charge < -0.3 is 10.6 Å². The van der Waals surface area contributed by atoms with E-state index < -0.39 is 0 Å². The molecule has 3 heteroatoms. The molecule has 0 aromatic heterocycles. The smallest absolute Gasteiger partial charge is 0.234 e. The summed E-state index contributed by atoms with van der Waals surface area (Å²) >= 11 is 0. The SMILES string of the molecule is CC(C)NCC(=O)NC(C)(C)c1ccccc1. The van der Waals surface area contributed by atoms with Crippen molar-refractivity contribution in [2.45, 2.75) is 39.3 Å². The van der Waals surface area contributed by atoms with E-state index in [9.17, 15) is 4.79 Å². The number of nitrogens with one attached hydrogen (secondary N) is 2. The molecule has 1 aromatic carbocycles. The fourth-order valence-electron chi connectivity index (χ4n) is 1.62. The van der Waals surface area contributed by atoms with Crippen LogP contribution in [-0.2, 0) is 10.3 Å². The summed E-state index contributed by atoms with van der Waals surface area (Å²) in [6, 6.07) is 10.3. The first-order valence-corrected chi connectivity index (χ1v) is 6.02. The van der Waals surface area contributed by atoms with Crippen molar-refractivity contribution in [3.8, 4) is 0 Å². The summed E-state index contributed by atoms with van der Waals surface area (Å²) in [4.78, 5) is 11.8. The van der Waals surface area contributed by atoms with Crippen molar-refractivity contribution >= 4 is 5.91 Å². The highest BCUT2D eigenvalue weighted by atomic mass is 16.2. The quantitative estimate of drug-likeness (QED) is 0.818. The van der Waals surface area contributed by atoms with Crippen molar-refractivity contribution in [3.63, 3.8) is 0 Å². The highest BCUT2D eigenvalue weighted by Crippen LogP contribution is 2.18. The summed E-state index contributed by atoms with van der Waals surface area (Å²) in [6.45, 7) is 8.42. The number of rotatable bonds is 5. The molecule has 0 heterocycles. The Hall–Kier alpha value is -1.35. The molecule has 0 atom stereocenters. The normalized spacial score (nSPS) is 11.6. The first-order valence-electron chi connectivity index (χ1n) is 6.02. The topological polar surface area (TPSA) is 41.1 Å². The standard InChI is InChI=1S/C14H22N2O/c1-11(2)15-10-13(17)16-14(3,4)12-8-6-5-7-9-12/h5-9,11,15H,10H2,1-4H3,(H,16,17). The van der Waals surface area contributed by atoms with Crippen LogP contribution in [0.5, 0.6) is 0 Å². The van der Waals surface area contributed by atoms with Gasteiger partial charge in [-0.25, -0.2) is 0 Å². The zero-order valence-electron chi connectivity index (χ0n) is 11.1. The number of hydrogen-bond acceptors (Lipinski definition) is 2. The molecular formula is C14H22N2O. The van der Waals surface area contributed by atoms with E-state index in [0.717, 1.165) is 5.56 Å². The second-order valence-corrected chi connectivity index (χ2v) is 5.07. The first kappa shape index (κ1) is 13.7. The Bertz CT molecular complexity index is 358. The molecular weight excluding hydrogens is 212 g/mol. The first-order chi connectivity index (χ1) is 7.92. The van der Waals surface area contributed by atoms with Gasteiger partial charge in [0.05, 0.1) is 12.1 Å². The van der Waals surface area contributed by atoms with E-state index in [4.69, 9.17) is 0 Å². The molecule has 0 saturated carbocycles. The molecule has 0 spiro atoms. The summed E-state index contributed by atoms with van der Waals surface area (Å²) in [7, 11) is 0. The average Bonchev–Trinajstić information content (AvgIpc) is 2.27. The molecule has 0 aliphatic carbocycles. The predicted molar refractivity (Wildman–Crippen MR) is 70.7 cm³/mol. The van der Waals surface area contributed by atoms with Crippen molar-refractivity contribution < 1.29 is 4.79 Å². The third-order valence-corrected chi connectivity index (χ3v) is 2.62. The van der Waals surface area contributed by atoms with Gasteiger partial charge in [0.2, 0.25) is 5.91 Å².